The second kappa shape index (κ2) is 4.65. The molecule has 0 amide bonds. The van der Waals surface area contributed by atoms with E-state index in [0.29, 0.717) is 30.3 Å². The van der Waals surface area contributed by atoms with E-state index in [1.54, 1.807) is 0 Å². The van der Waals surface area contributed by atoms with Gasteiger partial charge < -0.3 is 19.9 Å². The van der Waals surface area contributed by atoms with Crippen LogP contribution in [0.15, 0.2) is 6.07 Å². The van der Waals surface area contributed by atoms with Crippen LogP contribution in [-0.2, 0) is 0 Å². The van der Waals surface area contributed by atoms with Crippen molar-refractivity contribution >= 4 is 0 Å². The first-order chi connectivity index (χ1) is 8.77. The minimum Gasteiger partial charge on any atom is -0.505 e. The Bertz CT molecular complexity index is 458. The van der Waals surface area contributed by atoms with Crippen LogP contribution in [0.1, 0.15) is 24.3 Å². The Morgan fingerprint density at radius 1 is 1.33 bits per heavy atom. The van der Waals surface area contributed by atoms with Crippen LogP contribution in [0.3, 0.4) is 0 Å². The fourth-order valence-electron chi connectivity index (χ4n) is 2.65. The monoisotopic (exact) mass is 253 g/mol. The Morgan fingerprint density at radius 2 is 2.17 bits per heavy atom. The zero-order valence-corrected chi connectivity index (χ0v) is 10.0. The quantitative estimate of drug-likeness (QED) is 0.801. The lowest BCUT2D eigenvalue weighted by atomic mass is 9.89. The third-order valence-corrected chi connectivity index (χ3v) is 3.50. The van der Waals surface area contributed by atoms with Crippen molar-refractivity contribution in [1.82, 2.24) is 5.32 Å². The van der Waals surface area contributed by atoms with E-state index in [9.17, 15) is 9.50 Å². The van der Waals surface area contributed by atoms with Gasteiger partial charge in [0.05, 0.1) is 0 Å². The van der Waals surface area contributed by atoms with Crippen LogP contribution in [0.2, 0.25) is 0 Å². The van der Waals surface area contributed by atoms with E-state index >= 15 is 0 Å². The average Bonchev–Trinajstić information content (AvgIpc) is 2.41. The topological polar surface area (TPSA) is 50.7 Å². The van der Waals surface area contributed by atoms with Gasteiger partial charge in [-0.25, -0.2) is 4.39 Å². The summed E-state index contributed by atoms with van der Waals surface area (Å²) < 4.78 is 24.7. The normalized spacial score (nSPS) is 22.8. The molecule has 1 unspecified atom stereocenters. The van der Waals surface area contributed by atoms with Crippen LogP contribution in [-0.4, -0.2) is 31.4 Å². The van der Waals surface area contributed by atoms with Gasteiger partial charge in [0.15, 0.2) is 23.1 Å². The molecule has 2 heterocycles. The smallest absolute Gasteiger partial charge is 0.169 e. The summed E-state index contributed by atoms with van der Waals surface area (Å²) in [5.41, 5.74) is 0.553. The molecule has 0 bridgehead atoms. The molecule has 4 nitrogen and oxygen atoms in total. The Kier molecular flexibility index (Phi) is 2.99. The molecule has 1 saturated heterocycles. The molecule has 2 aliphatic heterocycles. The Hall–Kier alpha value is -1.49. The Labute approximate surface area is 105 Å². The van der Waals surface area contributed by atoms with Crippen molar-refractivity contribution in [1.29, 1.82) is 0 Å². The fraction of sp³-hybridized carbons (Fsp3) is 0.538. The summed E-state index contributed by atoms with van der Waals surface area (Å²) in [6, 6.07) is 1.20. The average molecular weight is 253 g/mol. The van der Waals surface area contributed by atoms with Gasteiger partial charge in [-0.05, 0) is 19.4 Å². The summed E-state index contributed by atoms with van der Waals surface area (Å²) in [7, 11) is 0. The van der Waals surface area contributed by atoms with E-state index in [4.69, 9.17) is 9.47 Å². The summed E-state index contributed by atoms with van der Waals surface area (Å²) in [6.45, 7) is 2.55. The summed E-state index contributed by atoms with van der Waals surface area (Å²) in [4.78, 5) is 0. The molecular formula is C13H16FNO3. The van der Waals surface area contributed by atoms with Gasteiger partial charge in [-0.1, -0.05) is 0 Å². The molecule has 0 spiro atoms. The maximum Gasteiger partial charge on any atom is 0.169 e. The molecule has 0 aromatic heterocycles. The summed E-state index contributed by atoms with van der Waals surface area (Å²) >= 11 is 0. The van der Waals surface area contributed by atoms with Crippen molar-refractivity contribution in [2.24, 2.45) is 0 Å². The van der Waals surface area contributed by atoms with Crippen molar-refractivity contribution in [3.05, 3.63) is 17.4 Å². The number of piperidine rings is 1. The predicted molar refractivity (Wildman–Crippen MR) is 63.9 cm³/mol. The van der Waals surface area contributed by atoms with Gasteiger partial charge in [-0.3, -0.25) is 0 Å². The molecule has 0 aliphatic carbocycles. The molecule has 0 saturated carbocycles. The fourth-order valence-corrected chi connectivity index (χ4v) is 2.65. The van der Waals surface area contributed by atoms with Crippen molar-refractivity contribution in [3.63, 3.8) is 0 Å². The van der Waals surface area contributed by atoms with Gasteiger partial charge in [0.1, 0.15) is 13.2 Å². The van der Waals surface area contributed by atoms with Gasteiger partial charge in [-0.2, -0.15) is 0 Å². The highest BCUT2D eigenvalue weighted by atomic mass is 19.1. The number of aromatic hydroxyl groups is 1. The van der Waals surface area contributed by atoms with E-state index in [0.717, 1.165) is 25.9 Å². The molecule has 98 valence electrons. The zero-order valence-electron chi connectivity index (χ0n) is 10.0. The number of phenols is 1. The summed E-state index contributed by atoms with van der Waals surface area (Å²) in [6.07, 6.45) is 1.93. The minimum atomic E-state index is -0.639. The summed E-state index contributed by atoms with van der Waals surface area (Å²) in [5, 5.41) is 13.2. The maximum atomic E-state index is 13.7. The van der Waals surface area contributed by atoms with Crippen LogP contribution < -0.4 is 14.8 Å². The molecule has 1 aromatic rings. The Balaban J connectivity index is 2.07. The minimum absolute atomic E-state index is 0.0740. The second-order valence-electron chi connectivity index (χ2n) is 4.69. The van der Waals surface area contributed by atoms with Crippen molar-refractivity contribution < 1.29 is 19.0 Å². The number of benzene rings is 1. The van der Waals surface area contributed by atoms with E-state index in [1.165, 1.54) is 6.07 Å². The number of ether oxygens (including phenoxy) is 2. The molecule has 1 atom stereocenters. The van der Waals surface area contributed by atoms with Gasteiger partial charge in [0.25, 0.3) is 0 Å². The lowest BCUT2D eigenvalue weighted by molar-refractivity contribution is 0.166. The van der Waals surface area contributed by atoms with E-state index in [2.05, 4.69) is 5.32 Å². The molecule has 18 heavy (non-hydrogen) atoms. The molecule has 5 heteroatoms. The largest absolute Gasteiger partial charge is 0.505 e. The van der Waals surface area contributed by atoms with E-state index in [-0.39, 0.29) is 11.7 Å². The first-order valence-electron chi connectivity index (χ1n) is 6.29. The van der Waals surface area contributed by atoms with Gasteiger partial charge >= 0.3 is 0 Å². The van der Waals surface area contributed by atoms with Gasteiger partial charge in [0.2, 0.25) is 0 Å². The van der Waals surface area contributed by atoms with Crippen molar-refractivity contribution in [2.75, 3.05) is 26.3 Å². The molecule has 3 rings (SSSR count). The molecule has 0 radical (unpaired) electrons. The van der Waals surface area contributed by atoms with E-state index < -0.39 is 5.82 Å². The zero-order chi connectivity index (χ0) is 12.5. The first kappa shape index (κ1) is 11.6. The van der Waals surface area contributed by atoms with Crippen LogP contribution >= 0.6 is 0 Å². The highest BCUT2D eigenvalue weighted by Crippen LogP contribution is 2.46. The SMILES string of the molecule is Oc1c(F)cc2c(c1C1CCCNC1)OCCO2. The van der Waals surface area contributed by atoms with Crippen molar-refractivity contribution in [3.8, 4) is 17.2 Å². The third kappa shape index (κ3) is 1.88. The van der Waals surface area contributed by atoms with Crippen LogP contribution in [0.4, 0.5) is 4.39 Å². The highest BCUT2D eigenvalue weighted by molar-refractivity contribution is 5.56. The molecule has 1 fully saturated rings. The second-order valence-corrected chi connectivity index (χ2v) is 4.69. The van der Waals surface area contributed by atoms with Gasteiger partial charge in [-0.15, -0.1) is 0 Å². The van der Waals surface area contributed by atoms with Gasteiger partial charge in [0, 0.05) is 24.1 Å². The van der Waals surface area contributed by atoms with Crippen molar-refractivity contribution in [2.45, 2.75) is 18.8 Å². The maximum absolute atomic E-state index is 13.7. The number of halogens is 1. The van der Waals surface area contributed by atoms with Crippen LogP contribution in [0, 0.1) is 5.82 Å². The number of nitrogens with one attached hydrogen (secondary N) is 1. The number of hydrogen-bond donors (Lipinski definition) is 2. The summed E-state index contributed by atoms with van der Waals surface area (Å²) in [5.74, 6) is 0.0450. The molecule has 2 aliphatic rings. The lowest BCUT2D eigenvalue weighted by Gasteiger charge is -2.28. The number of fused-ring (bicyclic) bond motifs is 1. The van der Waals surface area contributed by atoms with Crippen LogP contribution in [0.5, 0.6) is 17.2 Å². The lowest BCUT2D eigenvalue weighted by Crippen LogP contribution is -2.29. The highest BCUT2D eigenvalue weighted by Gasteiger charge is 2.29. The standard InChI is InChI=1S/C13H16FNO3/c14-9-6-10-13(18-5-4-17-10)11(12(9)16)8-2-1-3-15-7-8/h6,8,15-16H,1-5,7H2. The van der Waals surface area contributed by atoms with Crippen LogP contribution in [0.25, 0.3) is 0 Å². The first-order valence-corrected chi connectivity index (χ1v) is 6.29. The third-order valence-electron chi connectivity index (χ3n) is 3.50. The number of phenolic OH excluding ortho intramolecular Hbond substituents is 1. The van der Waals surface area contributed by atoms with E-state index in [1.807, 2.05) is 0 Å². The predicted octanol–water partition coefficient (Wildman–Crippen LogP) is 1.77. The Morgan fingerprint density at radius 3 is 2.94 bits per heavy atom. The number of rotatable bonds is 1. The molecule has 2 N–H and O–H groups in total. The number of hydrogen-bond acceptors (Lipinski definition) is 4. The molecular weight excluding hydrogens is 237 g/mol. The molecule has 1 aromatic carbocycles.